The van der Waals surface area contributed by atoms with E-state index in [0.29, 0.717) is 6.42 Å². The van der Waals surface area contributed by atoms with E-state index in [0.717, 1.165) is 37.8 Å². The van der Waals surface area contributed by atoms with Gasteiger partial charge >= 0.3 is 0 Å². The van der Waals surface area contributed by atoms with E-state index in [-0.39, 0.29) is 5.91 Å². The van der Waals surface area contributed by atoms with Crippen molar-refractivity contribution in [2.45, 2.75) is 129 Å². The van der Waals surface area contributed by atoms with Crippen LogP contribution < -0.4 is 5.32 Å². The van der Waals surface area contributed by atoms with Gasteiger partial charge in [-0.25, -0.2) is 0 Å². The first-order valence-electron chi connectivity index (χ1n) is 13.6. The van der Waals surface area contributed by atoms with Crippen LogP contribution in [-0.4, -0.2) is 5.91 Å². The molecule has 0 heterocycles. The molecule has 1 rings (SSSR count). The number of nitrogens with one attached hydrogen (secondary N) is 1. The third-order valence-corrected chi connectivity index (χ3v) is 5.91. The van der Waals surface area contributed by atoms with Crippen LogP contribution in [-0.2, 0) is 4.79 Å². The Hall–Kier alpha value is -2.19. The molecule has 0 bridgehead atoms. The van der Waals surface area contributed by atoms with E-state index in [9.17, 15) is 4.79 Å². The standard InChI is InChI=1S/C31H47NO/c1-2-3-4-5-6-7-8-9-10-11-12-13-14-15-16-17-18-19-20-21-22-26-29-31(33)32-30-27-24-23-25-28-30/h23-25,27-28H,2-12,17-22,26,29H2,1H3,(H,32,33). The molecule has 0 aliphatic rings. The van der Waals surface area contributed by atoms with Crippen molar-refractivity contribution in [3.8, 4) is 23.7 Å². The van der Waals surface area contributed by atoms with Gasteiger partial charge in [0.1, 0.15) is 0 Å². The molecule has 33 heavy (non-hydrogen) atoms. The second-order valence-corrected chi connectivity index (χ2v) is 9.07. The number of para-hydroxylation sites is 1. The first-order valence-corrected chi connectivity index (χ1v) is 13.6. The molecule has 1 aromatic rings. The Bertz CT molecular complexity index is 701. The number of rotatable bonds is 19. The van der Waals surface area contributed by atoms with Crippen molar-refractivity contribution in [3.05, 3.63) is 30.3 Å². The van der Waals surface area contributed by atoms with E-state index in [1.807, 2.05) is 30.3 Å². The quantitative estimate of drug-likeness (QED) is 0.166. The van der Waals surface area contributed by atoms with E-state index in [1.165, 1.54) is 83.5 Å². The highest BCUT2D eigenvalue weighted by atomic mass is 16.1. The molecule has 0 aromatic heterocycles. The molecule has 1 N–H and O–H groups in total. The van der Waals surface area contributed by atoms with Crippen LogP contribution in [0.5, 0.6) is 0 Å². The fourth-order valence-corrected chi connectivity index (χ4v) is 3.87. The predicted molar refractivity (Wildman–Crippen MR) is 144 cm³/mol. The molecule has 2 nitrogen and oxygen atoms in total. The van der Waals surface area contributed by atoms with Crippen molar-refractivity contribution in [2.24, 2.45) is 0 Å². The molecule has 0 spiro atoms. The Labute approximate surface area is 204 Å². The molecule has 0 atom stereocenters. The number of unbranched alkanes of at least 4 members (excludes halogenated alkanes) is 16. The summed E-state index contributed by atoms with van der Waals surface area (Å²) in [4.78, 5) is 11.9. The monoisotopic (exact) mass is 449 g/mol. The smallest absolute Gasteiger partial charge is 0.224 e. The zero-order valence-electron chi connectivity index (χ0n) is 21.2. The van der Waals surface area contributed by atoms with Gasteiger partial charge in [0.15, 0.2) is 0 Å². The molecule has 2 heteroatoms. The van der Waals surface area contributed by atoms with Gasteiger partial charge in [-0.3, -0.25) is 4.79 Å². The Kier molecular flexibility index (Phi) is 20.1. The Morgan fingerprint density at radius 2 is 1.09 bits per heavy atom. The average Bonchev–Trinajstić information content (AvgIpc) is 2.83. The van der Waals surface area contributed by atoms with Gasteiger partial charge in [-0.15, -0.1) is 0 Å². The van der Waals surface area contributed by atoms with E-state index in [1.54, 1.807) is 0 Å². The fraction of sp³-hybridized carbons (Fsp3) is 0.645. The van der Waals surface area contributed by atoms with Crippen LogP contribution in [0.1, 0.15) is 129 Å². The molecule has 0 unspecified atom stereocenters. The summed E-state index contributed by atoms with van der Waals surface area (Å²) in [6.07, 6.45) is 23.2. The lowest BCUT2D eigenvalue weighted by atomic mass is 10.1. The minimum Gasteiger partial charge on any atom is -0.326 e. The van der Waals surface area contributed by atoms with Crippen LogP contribution >= 0.6 is 0 Å². The van der Waals surface area contributed by atoms with Gasteiger partial charge in [0.05, 0.1) is 0 Å². The summed E-state index contributed by atoms with van der Waals surface area (Å²) in [6, 6.07) is 9.67. The molecular formula is C31H47NO. The average molecular weight is 450 g/mol. The zero-order valence-corrected chi connectivity index (χ0v) is 21.2. The predicted octanol–water partition coefficient (Wildman–Crippen LogP) is 9.06. The van der Waals surface area contributed by atoms with Crippen molar-refractivity contribution in [3.63, 3.8) is 0 Å². The van der Waals surface area contributed by atoms with Crippen LogP contribution in [0.4, 0.5) is 5.69 Å². The highest BCUT2D eigenvalue weighted by Crippen LogP contribution is 2.12. The molecular weight excluding hydrogens is 402 g/mol. The first kappa shape index (κ1) is 28.8. The van der Waals surface area contributed by atoms with Gasteiger partial charge in [-0.2, -0.15) is 0 Å². The lowest BCUT2D eigenvalue weighted by molar-refractivity contribution is -0.116. The van der Waals surface area contributed by atoms with Crippen molar-refractivity contribution in [1.29, 1.82) is 0 Å². The van der Waals surface area contributed by atoms with Gasteiger partial charge < -0.3 is 5.32 Å². The zero-order chi connectivity index (χ0) is 23.7. The van der Waals surface area contributed by atoms with E-state index in [4.69, 9.17) is 0 Å². The molecule has 0 radical (unpaired) electrons. The maximum atomic E-state index is 11.9. The minimum atomic E-state index is 0.116. The normalized spacial score (nSPS) is 10.1. The molecule has 0 aliphatic heterocycles. The van der Waals surface area contributed by atoms with Crippen molar-refractivity contribution < 1.29 is 4.79 Å². The Balaban J connectivity index is 1.82. The lowest BCUT2D eigenvalue weighted by Gasteiger charge is -2.04. The van der Waals surface area contributed by atoms with E-state index >= 15 is 0 Å². The number of anilines is 1. The van der Waals surface area contributed by atoms with Crippen LogP contribution in [0, 0.1) is 23.7 Å². The third kappa shape index (κ3) is 20.2. The van der Waals surface area contributed by atoms with Crippen LogP contribution in [0.2, 0.25) is 0 Å². The SMILES string of the molecule is CCCCCCCCCCCCC#CC#CCCCCCCCCC(=O)Nc1ccccc1. The van der Waals surface area contributed by atoms with Gasteiger partial charge in [-0.1, -0.05) is 120 Å². The number of carbonyl (C=O) groups is 1. The van der Waals surface area contributed by atoms with Gasteiger partial charge in [-0.05, 0) is 43.2 Å². The summed E-state index contributed by atoms with van der Waals surface area (Å²) in [5.41, 5.74) is 0.882. The second-order valence-electron chi connectivity index (χ2n) is 9.07. The molecule has 0 saturated carbocycles. The van der Waals surface area contributed by atoms with Crippen molar-refractivity contribution in [2.75, 3.05) is 5.32 Å². The number of amides is 1. The molecule has 182 valence electrons. The molecule has 0 aliphatic carbocycles. The summed E-state index contributed by atoms with van der Waals surface area (Å²) in [5, 5.41) is 2.94. The van der Waals surface area contributed by atoms with Crippen molar-refractivity contribution in [1.82, 2.24) is 0 Å². The topological polar surface area (TPSA) is 29.1 Å². The van der Waals surface area contributed by atoms with Crippen LogP contribution in [0.25, 0.3) is 0 Å². The number of carbonyl (C=O) groups excluding carboxylic acids is 1. The minimum absolute atomic E-state index is 0.116. The maximum Gasteiger partial charge on any atom is 0.224 e. The summed E-state index contributed by atoms with van der Waals surface area (Å²) >= 11 is 0. The number of benzene rings is 1. The maximum absolute atomic E-state index is 11.9. The van der Waals surface area contributed by atoms with E-state index < -0.39 is 0 Å². The highest BCUT2D eigenvalue weighted by molar-refractivity contribution is 5.90. The lowest BCUT2D eigenvalue weighted by Crippen LogP contribution is -2.10. The van der Waals surface area contributed by atoms with Gasteiger partial charge in [0.25, 0.3) is 0 Å². The molecule has 1 amide bonds. The fourth-order valence-electron chi connectivity index (χ4n) is 3.87. The molecule has 0 fully saturated rings. The van der Waals surface area contributed by atoms with Crippen LogP contribution in [0.15, 0.2) is 30.3 Å². The largest absolute Gasteiger partial charge is 0.326 e. The first-order chi connectivity index (χ1) is 16.3. The number of hydrogen-bond acceptors (Lipinski definition) is 1. The summed E-state index contributed by atoms with van der Waals surface area (Å²) in [7, 11) is 0. The second kappa shape index (κ2) is 23.0. The van der Waals surface area contributed by atoms with E-state index in [2.05, 4.69) is 35.9 Å². The van der Waals surface area contributed by atoms with Crippen molar-refractivity contribution >= 4 is 11.6 Å². The van der Waals surface area contributed by atoms with Gasteiger partial charge in [0, 0.05) is 24.9 Å². The summed E-state index contributed by atoms with van der Waals surface area (Å²) in [6.45, 7) is 2.28. The highest BCUT2D eigenvalue weighted by Gasteiger charge is 2.01. The summed E-state index contributed by atoms with van der Waals surface area (Å²) in [5.74, 6) is 12.5. The summed E-state index contributed by atoms with van der Waals surface area (Å²) < 4.78 is 0. The molecule has 0 saturated heterocycles. The molecule has 1 aromatic carbocycles. The van der Waals surface area contributed by atoms with Crippen LogP contribution in [0.3, 0.4) is 0 Å². The third-order valence-electron chi connectivity index (χ3n) is 5.91. The Morgan fingerprint density at radius 3 is 1.61 bits per heavy atom. The van der Waals surface area contributed by atoms with Gasteiger partial charge in [0.2, 0.25) is 5.91 Å². The number of hydrogen-bond donors (Lipinski definition) is 1. The Morgan fingerprint density at radius 1 is 0.636 bits per heavy atom.